The number of fused-ring (bicyclic) bond motifs is 5. The molecule has 6 rings (SSSR count). The van der Waals surface area contributed by atoms with E-state index < -0.39 is 5.41 Å². The normalized spacial score (nSPS) is 20.9. The van der Waals surface area contributed by atoms with Crippen molar-refractivity contribution in [2.45, 2.75) is 25.3 Å². The van der Waals surface area contributed by atoms with E-state index in [1.54, 1.807) is 11.3 Å². The van der Waals surface area contributed by atoms with Crippen molar-refractivity contribution in [1.82, 2.24) is 0 Å². The molecule has 0 saturated carbocycles. The third kappa shape index (κ3) is 2.23. The molecule has 3 aliphatic heterocycles. The Hall–Kier alpha value is -2.99. The molecular weight excluding hydrogens is 386 g/mol. The van der Waals surface area contributed by atoms with Gasteiger partial charge in [0.1, 0.15) is 17.8 Å². The predicted molar refractivity (Wildman–Crippen MR) is 110 cm³/mol. The van der Waals surface area contributed by atoms with Gasteiger partial charge >= 0.3 is 0 Å². The van der Waals surface area contributed by atoms with Crippen LogP contribution in [-0.4, -0.2) is 19.3 Å². The van der Waals surface area contributed by atoms with Gasteiger partial charge in [-0.15, -0.1) is 11.3 Å². The Balaban J connectivity index is 1.48. The average Bonchev–Trinajstić information content (AvgIpc) is 3.51. The number of aryl methyl sites for hydroxylation is 1. The number of thiophene rings is 1. The molecule has 1 atom stereocenters. The molecule has 0 radical (unpaired) electrons. The Bertz CT molecular complexity index is 1150. The minimum atomic E-state index is -0.836. The summed E-state index contributed by atoms with van der Waals surface area (Å²) < 4.78 is 17.1. The summed E-state index contributed by atoms with van der Waals surface area (Å²) in [6.45, 7) is 3.21. The van der Waals surface area contributed by atoms with Gasteiger partial charge in [-0.3, -0.25) is 4.79 Å². The Kier molecular flexibility index (Phi) is 3.50. The first-order valence-corrected chi connectivity index (χ1v) is 10.6. The number of carbonyl (C=O) groups is 1. The van der Waals surface area contributed by atoms with Crippen LogP contribution < -0.4 is 19.1 Å². The van der Waals surface area contributed by atoms with Crippen LogP contribution in [0, 0.1) is 0 Å². The monoisotopic (exact) mass is 405 g/mol. The number of benzene rings is 2. The van der Waals surface area contributed by atoms with Crippen LogP contribution in [0.4, 0.5) is 5.69 Å². The van der Waals surface area contributed by atoms with Crippen molar-refractivity contribution in [3.8, 4) is 17.2 Å². The van der Waals surface area contributed by atoms with Crippen molar-refractivity contribution in [1.29, 1.82) is 0 Å². The standard InChI is InChI=1S/C23H19NO4S/c1-2-14-7-8-15(29-14)11-24-18-6-4-3-5-16(18)23(22(24)25)12-26-19-10-21-20(9-17(19)23)27-13-28-21/h3-10H,2,11-13H2,1H3. The van der Waals surface area contributed by atoms with Gasteiger partial charge in [0.05, 0.1) is 6.54 Å². The number of hydrogen-bond donors (Lipinski definition) is 0. The number of rotatable bonds is 3. The van der Waals surface area contributed by atoms with Gasteiger partial charge in [0.25, 0.3) is 0 Å². The minimum absolute atomic E-state index is 0.0581. The van der Waals surface area contributed by atoms with E-state index in [4.69, 9.17) is 14.2 Å². The lowest BCUT2D eigenvalue weighted by molar-refractivity contribution is -0.122. The zero-order valence-corrected chi connectivity index (χ0v) is 16.8. The fourth-order valence-corrected chi connectivity index (χ4v) is 5.52. The van der Waals surface area contributed by atoms with Crippen molar-refractivity contribution in [3.63, 3.8) is 0 Å². The van der Waals surface area contributed by atoms with E-state index >= 15 is 0 Å². The van der Waals surface area contributed by atoms with Gasteiger partial charge in [-0.25, -0.2) is 0 Å². The quantitative estimate of drug-likeness (QED) is 0.653. The Morgan fingerprint density at radius 2 is 1.76 bits per heavy atom. The fourth-order valence-electron chi connectivity index (χ4n) is 4.57. The molecule has 29 heavy (non-hydrogen) atoms. The van der Waals surface area contributed by atoms with Gasteiger partial charge in [0.15, 0.2) is 11.5 Å². The summed E-state index contributed by atoms with van der Waals surface area (Å²) in [4.78, 5) is 18.3. The van der Waals surface area contributed by atoms with E-state index in [2.05, 4.69) is 19.1 Å². The number of ether oxygens (including phenoxy) is 3. The van der Waals surface area contributed by atoms with E-state index in [9.17, 15) is 4.79 Å². The summed E-state index contributed by atoms with van der Waals surface area (Å²) in [7, 11) is 0. The van der Waals surface area contributed by atoms with Gasteiger partial charge in [0, 0.05) is 27.1 Å². The van der Waals surface area contributed by atoms with E-state index in [1.165, 1.54) is 9.75 Å². The first-order valence-electron chi connectivity index (χ1n) is 9.76. The van der Waals surface area contributed by atoms with Crippen molar-refractivity contribution >= 4 is 22.9 Å². The second kappa shape index (κ2) is 6.00. The van der Waals surface area contributed by atoms with E-state index in [0.717, 1.165) is 23.2 Å². The summed E-state index contributed by atoms with van der Waals surface area (Å²) >= 11 is 1.77. The lowest BCUT2D eigenvalue weighted by Crippen LogP contribution is -2.42. The average molecular weight is 405 g/mol. The zero-order chi connectivity index (χ0) is 19.6. The molecule has 0 aliphatic carbocycles. The second-order valence-corrected chi connectivity index (χ2v) is 8.78. The van der Waals surface area contributed by atoms with Crippen LogP contribution in [0.1, 0.15) is 27.8 Å². The third-order valence-corrected chi connectivity index (χ3v) is 7.24. The molecule has 3 aromatic rings. The van der Waals surface area contributed by atoms with Crippen LogP contribution >= 0.6 is 11.3 Å². The first kappa shape index (κ1) is 16.9. The maximum atomic E-state index is 13.9. The van der Waals surface area contributed by atoms with Crippen LogP contribution in [0.3, 0.4) is 0 Å². The van der Waals surface area contributed by atoms with Crippen molar-refractivity contribution in [2.75, 3.05) is 18.3 Å². The first-order chi connectivity index (χ1) is 14.2. The van der Waals surface area contributed by atoms with Gasteiger partial charge in [-0.05, 0) is 36.2 Å². The summed E-state index contributed by atoms with van der Waals surface area (Å²) in [6, 6.07) is 16.1. The molecule has 146 valence electrons. The third-order valence-electron chi connectivity index (χ3n) is 6.02. The molecule has 3 aliphatic rings. The second-order valence-electron chi connectivity index (χ2n) is 7.53. The minimum Gasteiger partial charge on any atom is -0.491 e. The largest absolute Gasteiger partial charge is 0.491 e. The molecule has 0 fully saturated rings. The number of carbonyl (C=O) groups excluding carboxylic acids is 1. The molecule has 1 amide bonds. The van der Waals surface area contributed by atoms with E-state index in [0.29, 0.717) is 30.4 Å². The van der Waals surface area contributed by atoms with Gasteiger partial charge in [-0.1, -0.05) is 25.1 Å². The molecule has 4 heterocycles. The molecule has 5 nitrogen and oxygen atoms in total. The van der Waals surface area contributed by atoms with Gasteiger partial charge in [-0.2, -0.15) is 0 Å². The highest BCUT2D eigenvalue weighted by atomic mass is 32.1. The lowest BCUT2D eigenvalue weighted by atomic mass is 9.77. The topological polar surface area (TPSA) is 48.0 Å². The number of nitrogens with zero attached hydrogens (tertiary/aromatic N) is 1. The number of anilines is 1. The Morgan fingerprint density at radius 1 is 0.966 bits per heavy atom. The molecule has 0 bridgehead atoms. The number of para-hydroxylation sites is 1. The molecule has 2 aromatic carbocycles. The molecule has 1 aromatic heterocycles. The maximum Gasteiger partial charge on any atom is 0.246 e. The summed E-state index contributed by atoms with van der Waals surface area (Å²) in [5.74, 6) is 2.09. The lowest BCUT2D eigenvalue weighted by Gasteiger charge is -2.23. The molecule has 0 saturated heterocycles. The summed E-state index contributed by atoms with van der Waals surface area (Å²) in [5, 5.41) is 0. The highest BCUT2D eigenvalue weighted by Crippen LogP contribution is 2.55. The zero-order valence-electron chi connectivity index (χ0n) is 15.9. The van der Waals surface area contributed by atoms with Gasteiger partial charge in [0.2, 0.25) is 12.7 Å². The molecule has 1 spiro atoms. The number of amides is 1. The summed E-state index contributed by atoms with van der Waals surface area (Å²) in [5.41, 5.74) is 1.98. The molecular formula is C23H19NO4S. The fraction of sp³-hybridized carbons (Fsp3) is 0.261. The van der Waals surface area contributed by atoms with Crippen LogP contribution in [0.5, 0.6) is 17.2 Å². The highest BCUT2D eigenvalue weighted by Gasteiger charge is 2.57. The summed E-state index contributed by atoms with van der Waals surface area (Å²) in [6.07, 6.45) is 1.01. The van der Waals surface area contributed by atoms with Crippen molar-refractivity contribution in [2.24, 2.45) is 0 Å². The van der Waals surface area contributed by atoms with E-state index in [-0.39, 0.29) is 12.7 Å². The van der Waals surface area contributed by atoms with Crippen LogP contribution in [0.2, 0.25) is 0 Å². The van der Waals surface area contributed by atoms with Crippen LogP contribution in [0.25, 0.3) is 0 Å². The highest BCUT2D eigenvalue weighted by molar-refractivity contribution is 7.12. The number of hydrogen-bond acceptors (Lipinski definition) is 5. The van der Waals surface area contributed by atoms with E-state index in [1.807, 2.05) is 41.3 Å². The molecule has 0 N–H and O–H groups in total. The SMILES string of the molecule is CCc1ccc(CN2C(=O)C3(COc4cc5c(cc43)OCO5)c3ccccc32)s1. The maximum absolute atomic E-state index is 13.9. The smallest absolute Gasteiger partial charge is 0.246 e. The molecule has 6 heteroatoms. The Morgan fingerprint density at radius 3 is 2.59 bits per heavy atom. The van der Waals surface area contributed by atoms with Crippen molar-refractivity contribution in [3.05, 3.63) is 69.4 Å². The van der Waals surface area contributed by atoms with Crippen LogP contribution in [-0.2, 0) is 23.2 Å². The van der Waals surface area contributed by atoms with Crippen LogP contribution in [0.15, 0.2) is 48.5 Å². The van der Waals surface area contributed by atoms with Gasteiger partial charge < -0.3 is 19.1 Å². The molecule has 1 unspecified atom stereocenters. The predicted octanol–water partition coefficient (Wildman–Crippen LogP) is 4.26. The van der Waals surface area contributed by atoms with Crippen molar-refractivity contribution < 1.29 is 19.0 Å². The Labute approximate surface area is 172 Å².